The zero-order chi connectivity index (χ0) is 21.4. The Morgan fingerprint density at radius 2 is 1.90 bits per heavy atom. The molecular weight excluding hydrogens is 396 g/mol. The van der Waals surface area contributed by atoms with Crippen molar-refractivity contribution >= 4 is 35.2 Å². The maximum absolute atomic E-state index is 12.2. The molecule has 0 aliphatic rings. The molecule has 2 aromatic rings. The summed E-state index contributed by atoms with van der Waals surface area (Å²) < 4.78 is 6.21. The average molecular weight is 420 g/mol. The van der Waals surface area contributed by atoms with Crippen molar-refractivity contribution < 1.29 is 24.2 Å². The van der Waals surface area contributed by atoms with Crippen LogP contribution in [0.4, 0.5) is 5.69 Å². The number of nitrogens with zero attached hydrogens (tertiary/aromatic N) is 2. The van der Waals surface area contributed by atoms with Crippen LogP contribution in [0.25, 0.3) is 0 Å². The van der Waals surface area contributed by atoms with Gasteiger partial charge in [0.15, 0.2) is 5.16 Å². The molecule has 2 amide bonds. The number of carbonyl (C=O) groups is 3. The van der Waals surface area contributed by atoms with Gasteiger partial charge in [-0.25, -0.2) is 9.78 Å². The first-order chi connectivity index (χ1) is 13.8. The van der Waals surface area contributed by atoms with E-state index in [1.807, 2.05) is 13.8 Å². The van der Waals surface area contributed by atoms with Crippen LogP contribution >= 0.6 is 11.8 Å². The van der Waals surface area contributed by atoms with Gasteiger partial charge in [0.1, 0.15) is 6.54 Å². The van der Waals surface area contributed by atoms with Crippen molar-refractivity contribution in [1.29, 1.82) is 0 Å². The summed E-state index contributed by atoms with van der Waals surface area (Å²) in [5, 5.41) is 15.4. The zero-order valence-electron chi connectivity index (χ0n) is 16.5. The van der Waals surface area contributed by atoms with E-state index in [1.54, 1.807) is 28.8 Å². The quantitative estimate of drug-likeness (QED) is 0.414. The number of imidazole rings is 1. The van der Waals surface area contributed by atoms with E-state index in [4.69, 9.17) is 0 Å². The van der Waals surface area contributed by atoms with Gasteiger partial charge in [-0.2, -0.15) is 0 Å². The minimum absolute atomic E-state index is 0.00366. The Bertz CT molecular complexity index is 864. The summed E-state index contributed by atoms with van der Waals surface area (Å²) in [6, 6.07) is 6.33. The van der Waals surface area contributed by atoms with Gasteiger partial charge < -0.3 is 25.0 Å². The minimum Gasteiger partial charge on any atom is -0.465 e. The molecule has 0 aliphatic heterocycles. The number of benzene rings is 1. The second-order valence-electron chi connectivity index (χ2n) is 6.40. The summed E-state index contributed by atoms with van der Waals surface area (Å²) in [7, 11) is 1.30. The molecule has 0 saturated carbocycles. The number of aliphatic hydroxyl groups is 1. The first kappa shape index (κ1) is 22.4. The van der Waals surface area contributed by atoms with E-state index in [-0.39, 0.29) is 36.8 Å². The van der Waals surface area contributed by atoms with E-state index in [0.717, 1.165) is 11.8 Å². The lowest BCUT2D eigenvalue weighted by Gasteiger charge is -2.13. The van der Waals surface area contributed by atoms with Crippen LogP contribution in [0.15, 0.2) is 35.6 Å². The molecule has 0 fully saturated rings. The number of esters is 1. The average Bonchev–Trinajstić information content (AvgIpc) is 3.07. The SMILES string of the molecule is COC(=O)c1ccc(NC(=O)CSc2ncc(CO)n2CC(=O)NC(C)C)cc1. The summed E-state index contributed by atoms with van der Waals surface area (Å²) in [4.78, 5) is 39.9. The van der Waals surface area contributed by atoms with Crippen molar-refractivity contribution in [2.24, 2.45) is 0 Å². The number of methoxy groups -OCH3 is 1. The summed E-state index contributed by atoms with van der Waals surface area (Å²) >= 11 is 1.16. The summed E-state index contributed by atoms with van der Waals surface area (Å²) in [5.74, 6) is -0.865. The van der Waals surface area contributed by atoms with E-state index >= 15 is 0 Å². The smallest absolute Gasteiger partial charge is 0.337 e. The number of aliphatic hydroxyl groups excluding tert-OH is 1. The monoisotopic (exact) mass is 420 g/mol. The third-order valence-corrected chi connectivity index (χ3v) is 4.73. The molecule has 0 radical (unpaired) electrons. The number of thioether (sulfide) groups is 1. The molecule has 3 N–H and O–H groups in total. The fourth-order valence-corrected chi connectivity index (χ4v) is 3.25. The standard InChI is InChI=1S/C19H24N4O5S/c1-12(2)21-16(25)9-23-15(10-24)8-20-19(23)29-11-17(26)22-14-6-4-13(5-7-14)18(27)28-3/h4-8,12,24H,9-11H2,1-3H3,(H,21,25)(H,22,26). The predicted octanol–water partition coefficient (Wildman–Crippen LogP) is 1.42. The van der Waals surface area contributed by atoms with Crippen LogP contribution in [-0.4, -0.2) is 51.3 Å². The van der Waals surface area contributed by atoms with Crippen molar-refractivity contribution in [2.75, 3.05) is 18.2 Å². The molecule has 29 heavy (non-hydrogen) atoms. The molecule has 0 unspecified atom stereocenters. The number of amides is 2. The number of nitrogens with one attached hydrogen (secondary N) is 2. The Kier molecular flexibility index (Phi) is 8.22. The number of ether oxygens (including phenoxy) is 1. The number of rotatable bonds is 9. The summed E-state index contributed by atoms with van der Waals surface area (Å²) in [6.07, 6.45) is 1.48. The van der Waals surface area contributed by atoms with Crippen LogP contribution in [0.1, 0.15) is 29.9 Å². The van der Waals surface area contributed by atoms with Crippen LogP contribution in [0.2, 0.25) is 0 Å². The normalized spacial score (nSPS) is 10.7. The van der Waals surface area contributed by atoms with Crippen molar-refractivity contribution in [1.82, 2.24) is 14.9 Å². The van der Waals surface area contributed by atoms with Gasteiger partial charge in [-0.1, -0.05) is 11.8 Å². The highest BCUT2D eigenvalue weighted by Crippen LogP contribution is 2.19. The van der Waals surface area contributed by atoms with Gasteiger partial charge in [0.2, 0.25) is 11.8 Å². The topological polar surface area (TPSA) is 123 Å². The number of carbonyl (C=O) groups excluding carboxylic acids is 3. The highest BCUT2D eigenvalue weighted by molar-refractivity contribution is 7.99. The third kappa shape index (κ3) is 6.61. The second-order valence-corrected chi connectivity index (χ2v) is 7.35. The van der Waals surface area contributed by atoms with Crippen molar-refractivity contribution in [3.63, 3.8) is 0 Å². The van der Waals surface area contributed by atoms with Gasteiger partial charge in [0.05, 0.1) is 36.9 Å². The summed E-state index contributed by atoms with van der Waals surface area (Å²) in [6.45, 7) is 3.46. The molecule has 0 bridgehead atoms. The Hall–Kier alpha value is -2.85. The van der Waals surface area contributed by atoms with Crippen LogP contribution < -0.4 is 10.6 Å². The van der Waals surface area contributed by atoms with Gasteiger partial charge in [0.25, 0.3) is 0 Å². The molecule has 2 rings (SSSR count). The molecule has 0 atom stereocenters. The fourth-order valence-electron chi connectivity index (χ4n) is 2.45. The van der Waals surface area contributed by atoms with E-state index < -0.39 is 5.97 Å². The Labute approximate surface area is 172 Å². The molecule has 1 aromatic carbocycles. The molecule has 0 saturated heterocycles. The number of hydrogen-bond donors (Lipinski definition) is 3. The molecule has 1 heterocycles. The fraction of sp³-hybridized carbons (Fsp3) is 0.368. The largest absolute Gasteiger partial charge is 0.465 e. The Balaban J connectivity index is 1.96. The van der Waals surface area contributed by atoms with Gasteiger partial charge in [-0.15, -0.1) is 0 Å². The number of hydrogen-bond acceptors (Lipinski definition) is 7. The first-order valence-corrected chi connectivity index (χ1v) is 9.88. The molecule has 10 heteroatoms. The van der Waals surface area contributed by atoms with Crippen LogP contribution in [0.5, 0.6) is 0 Å². The van der Waals surface area contributed by atoms with E-state index in [0.29, 0.717) is 22.1 Å². The lowest BCUT2D eigenvalue weighted by Crippen LogP contribution is -2.33. The number of anilines is 1. The maximum Gasteiger partial charge on any atom is 0.337 e. The molecule has 1 aromatic heterocycles. The van der Waals surface area contributed by atoms with Crippen LogP contribution in [-0.2, 0) is 27.5 Å². The van der Waals surface area contributed by atoms with E-state index in [1.165, 1.54) is 13.3 Å². The van der Waals surface area contributed by atoms with Gasteiger partial charge >= 0.3 is 5.97 Å². The van der Waals surface area contributed by atoms with E-state index in [2.05, 4.69) is 20.4 Å². The van der Waals surface area contributed by atoms with Gasteiger partial charge in [-0.05, 0) is 38.1 Å². The first-order valence-electron chi connectivity index (χ1n) is 8.89. The third-order valence-electron chi connectivity index (χ3n) is 3.74. The zero-order valence-corrected chi connectivity index (χ0v) is 17.3. The molecule has 9 nitrogen and oxygen atoms in total. The van der Waals surface area contributed by atoms with Gasteiger partial charge in [-0.3, -0.25) is 9.59 Å². The Morgan fingerprint density at radius 1 is 1.21 bits per heavy atom. The molecule has 0 spiro atoms. The summed E-state index contributed by atoms with van der Waals surface area (Å²) in [5.41, 5.74) is 1.42. The highest BCUT2D eigenvalue weighted by atomic mass is 32.2. The molecule has 156 valence electrons. The molecular formula is C19H24N4O5S. The van der Waals surface area contributed by atoms with Crippen molar-refractivity contribution in [3.05, 3.63) is 41.7 Å². The van der Waals surface area contributed by atoms with Crippen LogP contribution in [0, 0.1) is 0 Å². The van der Waals surface area contributed by atoms with Crippen molar-refractivity contribution in [2.45, 2.75) is 38.2 Å². The Morgan fingerprint density at radius 3 is 2.48 bits per heavy atom. The lowest BCUT2D eigenvalue weighted by atomic mass is 10.2. The van der Waals surface area contributed by atoms with E-state index in [9.17, 15) is 19.5 Å². The molecule has 0 aliphatic carbocycles. The highest BCUT2D eigenvalue weighted by Gasteiger charge is 2.15. The minimum atomic E-state index is -0.452. The van der Waals surface area contributed by atoms with Crippen LogP contribution in [0.3, 0.4) is 0 Å². The number of aromatic nitrogens is 2. The predicted molar refractivity (Wildman–Crippen MR) is 109 cm³/mol. The van der Waals surface area contributed by atoms with Crippen molar-refractivity contribution in [3.8, 4) is 0 Å². The lowest BCUT2D eigenvalue weighted by molar-refractivity contribution is -0.122. The second kappa shape index (κ2) is 10.6. The maximum atomic E-state index is 12.2. The van der Waals surface area contributed by atoms with Gasteiger partial charge in [0, 0.05) is 11.7 Å².